The molecule has 0 saturated heterocycles. The van der Waals surface area contributed by atoms with Crippen LogP contribution < -0.4 is 16.7 Å². The highest BCUT2D eigenvalue weighted by Gasteiger charge is 2.22. The first kappa shape index (κ1) is 15.3. The molecule has 130 valence electrons. The van der Waals surface area contributed by atoms with Gasteiger partial charge in [-0.2, -0.15) is 0 Å². The van der Waals surface area contributed by atoms with Gasteiger partial charge in [-0.1, -0.05) is 0 Å². The van der Waals surface area contributed by atoms with Crippen LogP contribution in [0, 0.1) is 0 Å². The summed E-state index contributed by atoms with van der Waals surface area (Å²) in [5.74, 6) is 3.09. The fraction of sp³-hybridized carbons (Fsp3) is 0.333. The molecular weight excluding hydrogens is 328 g/mol. The lowest BCUT2D eigenvalue weighted by Crippen LogP contribution is -2.25. The summed E-state index contributed by atoms with van der Waals surface area (Å²) in [5, 5.41) is 0. The highest BCUT2D eigenvalue weighted by Crippen LogP contribution is 2.24. The number of aromatic nitrogens is 1. The number of allylic oxidation sites excluding steroid dienone is 2. The molecule has 0 saturated carbocycles. The lowest BCUT2D eigenvalue weighted by atomic mass is 10.2. The van der Waals surface area contributed by atoms with Crippen LogP contribution in [-0.2, 0) is 7.05 Å². The molecule has 0 spiro atoms. The van der Waals surface area contributed by atoms with E-state index >= 15 is 0 Å². The van der Waals surface area contributed by atoms with Crippen molar-refractivity contribution in [2.24, 2.45) is 42.7 Å². The SMILES string of the molecule is Cn1/c2cc/c1=N\C1=NC(=N\C3=CC=C(/N=C4/CCC(=N4)/N=2)C3N)/CC1. The Hall–Kier alpha value is -3.00. The summed E-state index contributed by atoms with van der Waals surface area (Å²) >= 11 is 0. The second-order valence-corrected chi connectivity index (χ2v) is 6.61. The van der Waals surface area contributed by atoms with Gasteiger partial charge in [0.25, 0.3) is 0 Å². The fourth-order valence-corrected chi connectivity index (χ4v) is 3.31. The van der Waals surface area contributed by atoms with Crippen LogP contribution in [0.15, 0.2) is 65.6 Å². The van der Waals surface area contributed by atoms with Crippen LogP contribution in [0.4, 0.5) is 0 Å². The zero-order valence-corrected chi connectivity index (χ0v) is 14.4. The number of amidine groups is 4. The van der Waals surface area contributed by atoms with E-state index in [9.17, 15) is 0 Å². The molecule has 0 fully saturated rings. The van der Waals surface area contributed by atoms with Crippen LogP contribution >= 0.6 is 0 Å². The van der Waals surface area contributed by atoms with Crippen molar-refractivity contribution >= 4 is 23.3 Å². The first-order valence-electron chi connectivity index (χ1n) is 8.72. The zero-order valence-electron chi connectivity index (χ0n) is 14.4. The second kappa shape index (κ2) is 5.77. The molecule has 5 rings (SSSR count). The van der Waals surface area contributed by atoms with E-state index < -0.39 is 0 Å². The first-order valence-corrected chi connectivity index (χ1v) is 8.72. The van der Waals surface area contributed by atoms with Gasteiger partial charge in [0.2, 0.25) is 0 Å². The van der Waals surface area contributed by atoms with Gasteiger partial charge in [0.1, 0.15) is 34.3 Å². The maximum Gasteiger partial charge on any atom is 0.136 e. The van der Waals surface area contributed by atoms with E-state index in [1.54, 1.807) is 0 Å². The lowest BCUT2D eigenvalue weighted by Gasteiger charge is -2.08. The van der Waals surface area contributed by atoms with Crippen molar-refractivity contribution in [3.63, 3.8) is 0 Å². The molecule has 4 aliphatic rings. The summed E-state index contributed by atoms with van der Waals surface area (Å²) in [4.78, 5) is 27.7. The van der Waals surface area contributed by atoms with E-state index in [0.717, 1.165) is 71.4 Å². The third-order valence-corrected chi connectivity index (χ3v) is 4.80. The molecule has 8 nitrogen and oxygen atoms in total. The smallest absolute Gasteiger partial charge is 0.136 e. The van der Waals surface area contributed by atoms with Gasteiger partial charge in [0.15, 0.2) is 0 Å². The van der Waals surface area contributed by atoms with Gasteiger partial charge < -0.3 is 10.3 Å². The van der Waals surface area contributed by atoms with Crippen LogP contribution in [0.25, 0.3) is 0 Å². The quantitative estimate of drug-likeness (QED) is 0.729. The third-order valence-electron chi connectivity index (χ3n) is 4.80. The van der Waals surface area contributed by atoms with Crippen molar-refractivity contribution in [1.82, 2.24) is 4.57 Å². The van der Waals surface area contributed by atoms with Gasteiger partial charge in [-0.25, -0.2) is 30.0 Å². The number of hydrogen-bond acceptors (Lipinski definition) is 7. The van der Waals surface area contributed by atoms with Gasteiger partial charge in [-0.15, -0.1) is 0 Å². The first-order chi connectivity index (χ1) is 12.7. The maximum atomic E-state index is 6.30. The highest BCUT2D eigenvalue weighted by molar-refractivity contribution is 6.05. The number of fused-ring (bicyclic) bond motifs is 6. The molecule has 1 unspecified atom stereocenters. The molecule has 1 atom stereocenters. The number of hydrogen-bond donors (Lipinski definition) is 1. The molecule has 0 aromatic carbocycles. The van der Waals surface area contributed by atoms with Gasteiger partial charge >= 0.3 is 0 Å². The van der Waals surface area contributed by atoms with Gasteiger partial charge in [-0.05, 0) is 24.3 Å². The van der Waals surface area contributed by atoms with Gasteiger partial charge in [0, 0.05) is 32.7 Å². The van der Waals surface area contributed by atoms with E-state index in [2.05, 4.69) is 30.0 Å². The molecule has 4 heterocycles. The number of nitrogens with two attached hydrogens (primary N) is 1. The molecule has 8 bridgehead atoms. The fourth-order valence-electron chi connectivity index (χ4n) is 3.31. The van der Waals surface area contributed by atoms with Crippen LogP contribution in [0.3, 0.4) is 0 Å². The Kier molecular flexibility index (Phi) is 3.39. The second-order valence-electron chi connectivity index (χ2n) is 6.61. The normalized spacial score (nSPS) is 30.6. The van der Waals surface area contributed by atoms with E-state index in [1.165, 1.54) is 0 Å². The lowest BCUT2D eigenvalue weighted by molar-refractivity contribution is 0.811. The minimum atomic E-state index is -0.344. The predicted molar refractivity (Wildman–Crippen MR) is 100 cm³/mol. The Morgan fingerprint density at radius 3 is 1.62 bits per heavy atom. The van der Waals surface area contributed by atoms with Crippen LogP contribution in [-0.4, -0.2) is 34.0 Å². The van der Waals surface area contributed by atoms with Gasteiger partial charge in [0.05, 0.1) is 17.4 Å². The molecule has 1 aliphatic carbocycles. The van der Waals surface area contributed by atoms with Crippen LogP contribution in [0.1, 0.15) is 25.7 Å². The molecule has 0 radical (unpaired) electrons. The summed E-state index contributed by atoms with van der Waals surface area (Å²) in [5.41, 5.74) is 9.51. The molecular formula is C18H18N8. The summed E-state index contributed by atoms with van der Waals surface area (Å²) in [6.07, 6.45) is 6.89. The number of rotatable bonds is 0. The van der Waals surface area contributed by atoms with Crippen molar-refractivity contribution in [2.45, 2.75) is 31.7 Å². The Morgan fingerprint density at radius 2 is 1.15 bits per heavy atom. The maximum absolute atomic E-state index is 6.30. The largest absolute Gasteiger partial charge is 0.318 e. The van der Waals surface area contributed by atoms with Crippen LogP contribution in [0.2, 0.25) is 0 Å². The Morgan fingerprint density at radius 1 is 0.731 bits per heavy atom. The molecule has 2 N–H and O–H groups in total. The zero-order chi connectivity index (χ0) is 17.7. The minimum Gasteiger partial charge on any atom is -0.318 e. The molecule has 1 aromatic heterocycles. The van der Waals surface area contributed by atoms with Crippen molar-refractivity contribution in [3.8, 4) is 0 Å². The highest BCUT2D eigenvalue weighted by atomic mass is 15.1. The third kappa shape index (κ3) is 2.59. The summed E-state index contributed by atoms with van der Waals surface area (Å²) in [7, 11) is 1.95. The number of aliphatic imine (C=N–C) groups is 4. The Labute approximate surface area is 149 Å². The molecule has 8 heteroatoms. The predicted octanol–water partition coefficient (Wildman–Crippen LogP) is 0.568. The Bertz CT molecular complexity index is 1020. The van der Waals surface area contributed by atoms with Gasteiger partial charge in [-0.3, -0.25) is 0 Å². The van der Waals surface area contributed by atoms with E-state index in [4.69, 9.17) is 5.73 Å². The number of nitrogens with zero attached hydrogens (tertiary/aromatic N) is 7. The summed E-state index contributed by atoms with van der Waals surface area (Å²) in [6, 6.07) is 3.55. The molecule has 0 amide bonds. The summed E-state index contributed by atoms with van der Waals surface area (Å²) in [6.45, 7) is 0. The summed E-state index contributed by atoms with van der Waals surface area (Å²) < 4.78 is 1.95. The van der Waals surface area contributed by atoms with Crippen molar-refractivity contribution in [3.05, 3.63) is 46.7 Å². The standard InChI is InChI=1S/C18H18N8/c1-26-16-8-9-17(26)25-15-7-5-13(23-15)21-11-3-2-10(18(11)19)20-12-4-6-14(22-12)24-16/h2-3,8-9,18H,4-7,19H2,1H3/b20-10?,20-12-,21-11?,21-13-,24-14?,24-16-,25-15?,25-17+. The average molecular weight is 346 g/mol. The van der Waals surface area contributed by atoms with Crippen molar-refractivity contribution in [2.75, 3.05) is 0 Å². The van der Waals surface area contributed by atoms with E-state index in [-0.39, 0.29) is 6.04 Å². The molecule has 1 aromatic rings. The van der Waals surface area contributed by atoms with Crippen molar-refractivity contribution < 1.29 is 0 Å². The van der Waals surface area contributed by atoms with E-state index in [0.29, 0.717) is 0 Å². The Balaban J connectivity index is 1.69. The molecule has 3 aliphatic heterocycles. The topological polar surface area (TPSA) is 105 Å². The monoisotopic (exact) mass is 346 g/mol. The average Bonchev–Trinajstić information content (AvgIpc) is 3.39. The van der Waals surface area contributed by atoms with Crippen LogP contribution in [0.5, 0.6) is 0 Å². The van der Waals surface area contributed by atoms with E-state index in [1.807, 2.05) is 35.9 Å². The molecule has 26 heavy (non-hydrogen) atoms. The minimum absolute atomic E-state index is 0.344. The van der Waals surface area contributed by atoms with Crippen molar-refractivity contribution in [1.29, 1.82) is 0 Å².